The van der Waals surface area contributed by atoms with Gasteiger partial charge in [-0.3, -0.25) is 0 Å². The molecule has 8 heteroatoms. The number of nitrogens with two attached hydrogens (primary N) is 1. The fourth-order valence-corrected chi connectivity index (χ4v) is 2.87. The van der Waals surface area contributed by atoms with E-state index < -0.39 is 0 Å². The van der Waals surface area contributed by atoms with E-state index in [1.54, 1.807) is 11.6 Å². The highest BCUT2D eigenvalue weighted by atomic mass is 32.1. The summed E-state index contributed by atoms with van der Waals surface area (Å²) in [6.45, 7) is 1.92. The van der Waals surface area contributed by atoms with E-state index in [1.807, 2.05) is 0 Å². The van der Waals surface area contributed by atoms with E-state index in [2.05, 4.69) is 15.3 Å². The van der Waals surface area contributed by atoms with Crippen LogP contribution in [0.1, 0.15) is 29.2 Å². The molecular formula is C10H15N5O2S. The van der Waals surface area contributed by atoms with E-state index in [0.717, 1.165) is 28.8 Å². The van der Waals surface area contributed by atoms with Crippen molar-refractivity contribution in [1.82, 2.24) is 19.8 Å². The van der Waals surface area contributed by atoms with Crippen molar-refractivity contribution >= 4 is 16.3 Å². The summed E-state index contributed by atoms with van der Waals surface area (Å²) in [7, 11) is 1.63. The number of hydrogen-bond donors (Lipinski definition) is 1. The molecule has 2 N–H and O–H groups in total. The molecule has 0 spiro atoms. The third-order valence-corrected chi connectivity index (χ3v) is 4.02. The van der Waals surface area contributed by atoms with E-state index in [0.29, 0.717) is 13.2 Å². The molecule has 3 heterocycles. The van der Waals surface area contributed by atoms with Gasteiger partial charge in [-0.05, 0) is 6.42 Å². The summed E-state index contributed by atoms with van der Waals surface area (Å²) in [5.41, 5.74) is 5.97. The van der Waals surface area contributed by atoms with Crippen LogP contribution in [0.15, 0.2) is 0 Å². The van der Waals surface area contributed by atoms with Gasteiger partial charge in [0.25, 0.3) is 0 Å². The van der Waals surface area contributed by atoms with Crippen LogP contribution in [-0.4, -0.2) is 46.7 Å². The van der Waals surface area contributed by atoms with Crippen LogP contribution >= 0.6 is 11.3 Å². The van der Waals surface area contributed by atoms with Gasteiger partial charge in [-0.25, -0.2) is 0 Å². The molecule has 0 radical (unpaired) electrons. The molecule has 2 aromatic rings. The normalized spacial score (nSPS) is 21.8. The van der Waals surface area contributed by atoms with Crippen LogP contribution < -0.4 is 5.73 Å². The largest absolute Gasteiger partial charge is 0.383 e. The lowest BCUT2D eigenvalue weighted by atomic mass is 10.1. The van der Waals surface area contributed by atoms with Crippen molar-refractivity contribution in [2.24, 2.45) is 5.73 Å². The molecule has 2 aromatic heterocycles. The van der Waals surface area contributed by atoms with Crippen molar-refractivity contribution in [2.75, 3.05) is 26.9 Å². The minimum Gasteiger partial charge on any atom is -0.383 e. The molecule has 1 aliphatic heterocycles. The zero-order chi connectivity index (χ0) is 12.5. The molecule has 1 fully saturated rings. The maximum atomic E-state index is 5.97. The first-order valence-corrected chi connectivity index (χ1v) is 6.65. The van der Waals surface area contributed by atoms with Crippen molar-refractivity contribution in [3.63, 3.8) is 0 Å². The first kappa shape index (κ1) is 12.0. The second-order valence-electron chi connectivity index (χ2n) is 4.32. The highest BCUT2D eigenvalue weighted by Crippen LogP contribution is 2.26. The second-order valence-corrected chi connectivity index (χ2v) is 5.30. The number of ether oxygens (including phenoxy) is 2. The first-order chi connectivity index (χ1) is 8.79. The molecule has 2 unspecified atom stereocenters. The Morgan fingerprint density at radius 2 is 2.50 bits per heavy atom. The zero-order valence-electron chi connectivity index (χ0n) is 10.1. The van der Waals surface area contributed by atoms with E-state index in [4.69, 9.17) is 15.2 Å². The van der Waals surface area contributed by atoms with Gasteiger partial charge in [0.05, 0.1) is 19.3 Å². The number of nitrogens with zero attached hydrogens (tertiary/aromatic N) is 4. The third kappa shape index (κ3) is 2.01. The van der Waals surface area contributed by atoms with E-state index in [9.17, 15) is 0 Å². The maximum absolute atomic E-state index is 5.97. The predicted molar refractivity (Wildman–Crippen MR) is 65.6 cm³/mol. The van der Waals surface area contributed by atoms with Gasteiger partial charge in [-0.1, -0.05) is 11.3 Å². The maximum Gasteiger partial charge on any atom is 0.234 e. The Kier molecular flexibility index (Phi) is 3.25. The van der Waals surface area contributed by atoms with Gasteiger partial charge in [0.2, 0.25) is 4.96 Å². The topological polar surface area (TPSA) is 87.6 Å². The molecule has 1 aliphatic rings. The van der Waals surface area contributed by atoms with Gasteiger partial charge in [0, 0.05) is 19.6 Å². The standard InChI is InChI=1S/C10H15N5O2S/c1-16-5-7(11)9-14-15-8(6-2-3-17-4-6)12-13-10(15)18-9/h6-7H,2-5,11H2,1H3. The average Bonchev–Trinajstić information content (AvgIpc) is 3.04. The van der Waals surface area contributed by atoms with Gasteiger partial charge in [-0.15, -0.1) is 10.2 Å². The molecule has 0 saturated carbocycles. The van der Waals surface area contributed by atoms with Crippen molar-refractivity contribution in [1.29, 1.82) is 0 Å². The van der Waals surface area contributed by atoms with E-state index >= 15 is 0 Å². The fourth-order valence-electron chi connectivity index (χ4n) is 2.04. The van der Waals surface area contributed by atoms with Crippen LogP contribution in [0, 0.1) is 0 Å². The van der Waals surface area contributed by atoms with Gasteiger partial charge in [0.15, 0.2) is 5.82 Å². The molecule has 0 aliphatic carbocycles. The summed E-state index contributed by atoms with van der Waals surface area (Å²) in [4.78, 5) is 0.776. The molecule has 2 atom stereocenters. The Morgan fingerprint density at radius 1 is 1.61 bits per heavy atom. The van der Waals surface area contributed by atoms with E-state index in [-0.39, 0.29) is 12.0 Å². The van der Waals surface area contributed by atoms with Crippen molar-refractivity contribution in [2.45, 2.75) is 18.4 Å². The summed E-state index contributed by atoms with van der Waals surface area (Å²) < 4.78 is 12.2. The minimum absolute atomic E-state index is 0.214. The number of fused-ring (bicyclic) bond motifs is 1. The summed E-state index contributed by atoms with van der Waals surface area (Å²) in [5.74, 6) is 1.16. The molecule has 7 nitrogen and oxygen atoms in total. The minimum atomic E-state index is -0.214. The number of methoxy groups -OCH3 is 1. The van der Waals surface area contributed by atoms with Crippen molar-refractivity contribution < 1.29 is 9.47 Å². The lowest BCUT2D eigenvalue weighted by molar-refractivity contribution is 0.180. The number of rotatable bonds is 4. The van der Waals surface area contributed by atoms with E-state index in [1.165, 1.54) is 11.3 Å². The monoisotopic (exact) mass is 269 g/mol. The Hall–Kier alpha value is -1.09. The van der Waals surface area contributed by atoms with Crippen LogP contribution in [0.25, 0.3) is 4.96 Å². The molecule has 0 bridgehead atoms. The Balaban J connectivity index is 1.92. The predicted octanol–water partition coefficient (Wildman–Crippen LogP) is 0.336. The SMILES string of the molecule is COCC(N)c1nn2c(C3CCOC3)nnc2s1. The number of aromatic nitrogens is 4. The molecule has 0 aromatic carbocycles. The second kappa shape index (κ2) is 4.88. The van der Waals surface area contributed by atoms with Crippen LogP contribution in [0.5, 0.6) is 0 Å². The number of hydrogen-bond acceptors (Lipinski definition) is 7. The van der Waals surface area contributed by atoms with Gasteiger partial charge in [0.1, 0.15) is 5.01 Å². The summed E-state index contributed by atoms with van der Waals surface area (Å²) in [5, 5.41) is 13.6. The smallest absolute Gasteiger partial charge is 0.234 e. The summed E-state index contributed by atoms with van der Waals surface area (Å²) in [6.07, 6.45) is 0.970. The average molecular weight is 269 g/mol. The summed E-state index contributed by atoms with van der Waals surface area (Å²) in [6, 6.07) is -0.214. The van der Waals surface area contributed by atoms with Gasteiger partial charge >= 0.3 is 0 Å². The highest BCUT2D eigenvalue weighted by Gasteiger charge is 2.25. The lowest BCUT2D eigenvalue weighted by Crippen LogP contribution is -2.16. The van der Waals surface area contributed by atoms with Crippen LogP contribution in [-0.2, 0) is 9.47 Å². The zero-order valence-corrected chi connectivity index (χ0v) is 10.9. The molecule has 3 rings (SSSR count). The molecule has 0 amide bonds. The Bertz CT molecular complexity index is 533. The van der Waals surface area contributed by atoms with Crippen LogP contribution in [0.2, 0.25) is 0 Å². The summed E-state index contributed by atoms with van der Waals surface area (Å²) >= 11 is 1.46. The van der Waals surface area contributed by atoms with Crippen molar-refractivity contribution in [3.8, 4) is 0 Å². The van der Waals surface area contributed by atoms with Gasteiger partial charge in [-0.2, -0.15) is 9.61 Å². The molecule has 18 heavy (non-hydrogen) atoms. The highest BCUT2D eigenvalue weighted by molar-refractivity contribution is 7.16. The van der Waals surface area contributed by atoms with Crippen LogP contribution in [0.4, 0.5) is 0 Å². The van der Waals surface area contributed by atoms with Crippen LogP contribution in [0.3, 0.4) is 0 Å². The Morgan fingerprint density at radius 3 is 3.22 bits per heavy atom. The van der Waals surface area contributed by atoms with Crippen molar-refractivity contribution in [3.05, 3.63) is 10.8 Å². The van der Waals surface area contributed by atoms with Gasteiger partial charge < -0.3 is 15.2 Å². The third-order valence-electron chi connectivity index (χ3n) is 2.99. The quantitative estimate of drug-likeness (QED) is 0.861. The molecular weight excluding hydrogens is 254 g/mol. The lowest BCUT2D eigenvalue weighted by Gasteiger charge is -2.05. The fraction of sp³-hybridized carbons (Fsp3) is 0.700. The Labute approximate surface area is 108 Å². The molecule has 98 valence electrons. The first-order valence-electron chi connectivity index (χ1n) is 5.84. The molecule has 1 saturated heterocycles.